The second kappa shape index (κ2) is 9.76. The van der Waals surface area contributed by atoms with Gasteiger partial charge in [0, 0.05) is 49.0 Å². The van der Waals surface area contributed by atoms with Gasteiger partial charge in [-0.2, -0.15) is 0 Å². The van der Waals surface area contributed by atoms with Gasteiger partial charge < -0.3 is 26.3 Å². The van der Waals surface area contributed by atoms with Crippen molar-refractivity contribution < 1.29 is 0 Å². The molecule has 0 radical (unpaired) electrons. The summed E-state index contributed by atoms with van der Waals surface area (Å²) in [7, 11) is 2.15. The van der Waals surface area contributed by atoms with Crippen molar-refractivity contribution in [3.05, 3.63) is 76.3 Å². The topological polar surface area (TPSA) is 81.3 Å². The first-order valence-electron chi connectivity index (χ1n) is 10.4. The van der Waals surface area contributed by atoms with E-state index in [4.69, 9.17) is 11.1 Å². The molecule has 0 saturated carbocycles. The highest BCUT2D eigenvalue weighted by atomic mass is 32.1. The van der Waals surface area contributed by atoms with E-state index in [0.717, 1.165) is 53.7 Å². The molecule has 1 aliphatic rings. The normalized spacial score (nSPS) is 14.8. The molecule has 0 aliphatic carbocycles. The number of benzene rings is 2. The summed E-state index contributed by atoms with van der Waals surface area (Å²) in [4.78, 5) is 9.08. The number of hydrogen-bond acceptors (Lipinski definition) is 7. The second-order valence-corrected chi connectivity index (χ2v) is 8.66. The summed E-state index contributed by atoms with van der Waals surface area (Å²) in [6, 6.07) is 14.0. The molecule has 1 fully saturated rings. The molecule has 0 bridgehead atoms. The van der Waals surface area contributed by atoms with Gasteiger partial charge in [0.05, 0.1) is 23.6 Å². The van der Waals surface area contributed by atoms with Crippen LogP contribution in [0.3, 0.4) is 0 Å². The minimum Gasteiger partial charge on any atom is -0.398 e. The van der Waals surface area contributed by atoms with E-state index in [9.17, 15) is 0 Å². The van der Waals surface area contributed by atoms with Gasteiger partial charge in [-0.3, -0.25) is 0 Å². The lowest BCUT2D eigenvalue weighted by atomic mass is 10.0. The number of rotatable bonds is 7. The molecule has 1 aliphatic heterocycles. The molecule has 1 saturated heterocycles. The molecular weight excluding hydrogens is 404 g/mol. The lowest BCUT2D eigenvalue weighted by Gasteiger charge is -2.35. The van der Waals surface area contributed by atoms with Crippen LogP contribution in [-0.2, 0) is 6.54 Å². The molecule has 3 aromatic rings. The SMILES string of the molecule is CN1CCN(c2cc(N)c(C(=N)/C=C/c3ccccc3)cc2NCc2nccs2)CC1. The number of nitrogen functional groups attached to an aromatic ring is 1. The highest BCUT2D eigenvalue weighted by Gasteiger charge is 2.19. The van der Waals surface area contributed by atoms with Crippen LogP contribution in [0.25, 0.3) is 6.08 Å². The van der Waals surface area contributed by atoms with Gasteiger partial charge in [0.25, 0.3) is 0 Å². The zero-order chi connectivity index (χ0) is 21.6. The Balaban J connectivity index is 1.61. The Labute approximate surface area is 187 Å². The molecule has 0 amide bonds. The minimum absolute atomic E-state index is 0.392. The van der Waals surface area contributed by atoms with Crippen LogP contribution in [0.15, 0.2) is 60.1 Å². The van der Waals surface area contributed by atoms with Crippen molar-refractivity contribution in [2.24, 2.45) is 0 Å². The molecule has 160 valence electrons. The number of aromatic nitrogens is 1. The Morgan fingerprint density at radius 2 is 1.97 bits per heavy atom. The number of nitrogens with one attached hydrogen (secondary N) is 2. The minimum atomic E-state index is 0.392. The van der Waals surface area contributed by atoms with Gasteiger partial charge in [-0.25, -0.2) is 4.98 Å². The fourth-order valence-corrected chi connectivity index (χ4v) is 4.19. The Morgan fingerprint density at radius 3 is 2.68 bits per heavy atom. The van der Waals surface area contributed by atoms with Crippen molar-refractivity contribution in [2.75, 3.05) is 49.2 Å². The Bertz CT molecular complexity index is 1040. The van der Waals surface area contributed by atoms with Gasteiger partial charge in [-0.15, -0.1) is 11.3 Å². The Kier molecular flexibility index (Phi) is 6.64. The second-order valence-electron chi connectivity index (χ2n) is 7.68. The average Bonchev–Trinajstić information content (AvgIpc) is 3.31. The lowest BCUT2D eigenvalue weighted by molar-refractivity contribution is 0.313. The maximum absolute atomic E-state index is 8.60. The number of likely N-dealkylation sites (N-methyl/N-ethyl adjacent to an activating group) is 1. The van der Waals surface area contributed by atoms with Gasteiger partial charge >= 0.3 is 0 Å². The third-order valence-electron chi connectivity index (χ3n) is 5.46. The smallest absolute Gasteiger partial charge is 0.112 e. The van der Waals surface area contributed by atoms with Crippen LogP contribution in [0, 0.1) is 5.41 Å². The van der Waals surface area contributed by atoms with Gasteiger partial charge in [-0.1, -0.05) is 36.4 Å². The summed E-state index contributed by atoms with van der Waals surface area (Å²) in [5, 5.41) is 15.2. The van der Waals surface area contributed by atoms with Crippen LogP contribution >= 0.6 is 11.3 Å². The Hall–Kier alpha value is -3.16. The first-order valence-corrected chi connectivity index (χ1v) is 11.3. The number of nitrogens with two attached hydrogens (primary N) is 1. The molecule has 4 N–H and O–H groups in total. The third kappa shape index (κ3) is 5.31. The van der Waals surface area contributed by atoms with E-state index < -0.39 is 0 Å². The van der Waals surface area contributed by atoms with E-state index in [1.54, 1.807) is 17.4 Å². The molecule has 0 atom stereocenters. The van der Waals surface area contributed by atoms with E-state index in [2.05, 4.69) is 27.1 Å². The summed E-state index contributed by atoms with van der Waals surface area (Å²) in [5.41, 5.74) is 11.3. The summed E-state index contributed by atoms with van der Waals surface area (Å²) < 4.78 is 0. The maximum Gasteiger partial charge on any atom is 0.112 e. The predicted octanol–water partition coefficient (Wildman–Crippen LogP) is 4.17. The summed E-state index contributed by atoms with van der Waals surface area (Å²) >= 11 is 1.63. The van der Waals surface area contributed by atoms with Crippen LogP contribution in [0.1, 0.15) is 16.1 Å². The predicted molar refractivity (Wildman–Crippen MR) is 132 cm³/mol. The van der Waals surface area contributed by atoms with Crippen LogP contribution in [-0.4, -0.2) is 48.8 Å². The summed E-state index contributed by atoms with van der Waals surface area (Å²) in [5.74, 6) is 0. The van der Waals surface area contributed by atoms with Crippen LogP contribution < -0.4 is 16.0 Å². The van der Waals surface area contributed by atoms with Gasteiger partial charge in [-0.05, 0) is 30.8 Å². The number of piperazine rings is 1. The number of anilines is 3. The fourth-order valence-electron chi connectivity index (χ4n) is 3.63. The standard InChI is InChI=1S/C24H28N6S/c1-29-10-12-30(13-11-29)23-16-21(26)19(15-22(23)28-17-24-27-9-14-31-24)20(25)8-7-18-5-3-2-4-6-18/h2-9,14-16,25,28H,10-13,17,26H2,1H3/b8-7+,25-20?. The van der Waals surface area contributed by atoms with Gasteiger partial charge in [0.2, 0.25) is 0 Å². The molecule has 2 aromatic carbocycles. The van der Waals surface area contributed by atoms with Crippen LogP contribution in [0.2, 0.25) is 0 Å². The largest absolute Gasteiger partial charge is 0.398 e. The molecule has 7 heteroatoms. The molecule has 1 aromatic heterocycles. The first kappa shape index (κ1) is 21.1. The molecule has 0 unspecified atom stereocenters. The summed E-state index contributed by atoms with van der Waals surface area (Å²) in [6.07, 6.45) is 5.57. The Morgan fingerprint density at radius 1 is 1.19 bits per heavy atom. The molecule has 6 nitrogen and oxygen atoms in total. The van der Waals surface area contributed by atoms with Crippen molar-refractivity contribution in [3.8, 4) is 0 Å². The highest BCUT2D eigenvalue weighted by molar-refractivity contribution is 7.09. The van der Waals surface area contributed by atoms with Gasteiger partial charge in [0.1, 0.15) is 5.01 Å². The van der Waals surface area contributed by atoms with E-state index in [1.165, 1.54) is 0 Å². The zero-order valence-electron chi connectivity index (χ0n) is 17.7. The van der Waals surface area contributed by atoms with E-state index in [0.29, 0.717) is 17.9 Å². The van der Waals surface area contributed by atoms with Crippen LogP contribution in [0.5, 0.6) is 0 Å². The maximum atomic E-state index is 8.60. The number of thiazole rings is 1. The third-order valence-corrected chi connectivity index (χ3v) is 6.24. The molecule has 4 rings (SSSR count). The van der Waals surface area contributed by atoms with Crippen molar-refractivity contribution in [1.29, 1.82) is 5.41 Å². The lowest BCUT2D eigenvalue weighted by Crippen LogP contribution is -2.44. The first-order chi connectivity index (χ1) is 15.1. The van der Waals surface area contributed by atoms with E-state index in [1.807, 2.05) is 60.1 Å². The number of allylic oxidation sites excluding steroid dienone is 1. The molecule has 0 spiro atoms. The quantitative estimate of drug-likeness (QED) is 0.386. The fraction of sp³-hybridized carbons (Fsp3) is 0.250. The van der Waals surface area contributed by atoms with Crippen molar-refractivity contribution in [2.45, 2.75) is 6.54 Å². The molecule has 2 heterocycles. The zero-order valence-corrected chi connectivity index (χ0v) is 18.5. The summed E-state index contributed by atoms with van der Waals surface area (Å²) in [6.45, 7) is 4.58. The monoisotopic (exact) mass is 432 g/mol. The van der Waals surface area contributed by atoms with Crippen LogP contribution in [0.4, 0.5) is 17.1 Å². The van der Waals surface area contributed by atoms with Crippen molar-refractivity contribution in [3.63, 3.8) is 0 Å². The van der Waals surface area contributed by atoms with E-state index in [-0.39, 0.29) is 0 Å². The number of hydrogen-bond donors (Lipinski definition) is 3. The number of nitrogens with zero attached hydrogens (tertiary/aromatic N) is 3. The van der Waals surface area contributed by atoms with Gasteiger partial charge in [0.15, 0.2) is 0 Å². The van der Waals surface area contributed by atoms with E-state index >= 15 is 0 Å². The highest BCUT2D eigenvalue weighted by Crippen LogP contribution is 2.33. The van der Waals surface area contributed by atoms with Crippen molar-refractivity contribution >= 4 is 40.2 Å². The molecule has 31 heavy (non-hydrogen) atoms. The van der Waals surface area contributed by atoms with Crippen molar-refractivity contribution in [1.82, 2.24) is 9.88 Å². The molecular formula is C24H28N6S. The average molecular weight is 433 g/mol.